The van der Waals surface area contributed by atoms with Gasteiger partial charge in [-0.1, -0.05) is 18.2 Å². The Labute approximate surface area is 131 Å². The Kier molecular flexibility index (Phi) is 2.61. The summed E-state index contributed by atoms with van der Waals surface area (Å²) in [4.78, 5) is 37.2. The quantitative estimate of drug-likeness (QED) is 0.359. The van der Waals surface area contributed by atoms with E-state index in [0.717, 1.165) is 4.90 Å². The number of rotatable bonds is 2. The maximum Gasteiger partial charge on any atom is 0.274 e. The van der Waals surface area contributed by atoms with Crippen LogP contribution in [0, 0.1) is 28.9 Å². The van der Waals surface area contributed by atoms with Crippen LogP contribution in [0.15, 0.2) is 30.4 Å². The van der Waals surface area contributed by atoms with Crippen molar-refractivity contribution in [3.05, 3.63) is 46.0 Å². The van der Waals surface area contributed by atoms with Crippen molar-refractivity contribution in [1.29, 1.82) is 0 Å². The molecule has 2 amide bonds. The minimum absolute atomic E-state index is 0.108. The fraction of sp³-hybridized carbons (Fsp3) is 0.375. The van der Waals surface area contributed by atoms with Gasteiger partial charge in [-0.2, -0.15) is 0 Å². The molecular formula is C16H14N2O5. The van der Waals surface area contributed by atoms with E-state index < -0.39 is 28.5 Å². The summed E-state index contributed by atoms with van der Waals surface area (Å²) in [6, 6.07) is 4.40. The molecule has 7 nitrogen and oxygen atoms in total. The van der Waals surface area contributed by atoms with Crippen LogP contribution in [0.5, 0.6) is 0 Å². The van der Waals surface area contributed by atoms with Gasteiger partial charge in [0.25, 0.3) is 5.69 Å². The smallest absolute Gasteiger partial charge is 0.274 e. The van der Waals surface area contributed by atoms with Crippen LogP contribution in [-0.2, 0) is 14.3 Å². The first-order chi connectivity index (χ1) is 10.8. The molecule has 0 radical (unpaired) electrons. The Balaban J connectivity index is 1.78. The monoisotopic (exact) mass is 314 g/mol. The van der Waals surface area contributed by atoms with Crippen molar-refractivity contribution < 1.29 is 19.2 Å². The summed E-state index contributed by atoms with van der Waals surface area (Å²) in [5.74, 6) is -1.81. The van der Waals surface area contributed by atoms with Gasteiger partial charge < -0.3 is 4.74 Å². The zero-order valence-corrected chi connectivity index (χ0v) is 12.6. The Bertz CT molecular complexity index is 802. The van der Waals surface area contributed by atoms with Gasteiger partial charge in [-0.3, -0.25) is 19.7 Å². The highest BCUT2D eigenvalue weighted by atomic mass is 16.6. The summed E-state index contributed by atoms with van der Waals surface area (Å²) in [6.45, 7) is 3.41. The van der Waals surface area contributed by atoms with Gasteiger partial charge in [0, 0.05) is 11.6 Å². The molecule has 3 aliphatic heterocycles. The lowest BCUT2D eigenvalue weighted by molar-refractivity contribution is -0.385. The standard InChI is InChI=1S/C16H14N2O5/c1-8-3-4-9(7-10(8)18(21)22)17-14(19)12-11-5-6-16(2,23-11)13(12)15(17)20/h3-7,11-13H,1-2H3/t11-,12-,13-,16-/m0/s1. The van der Waals surface area contributed by atoms with Crippen molar-refractivity contribution in [2.45, 2.75) is 25.6 Å². The number of aryl methyl sites for hydroxylation is 1. The number of imide groups is 1. The molecule has 118 valence electrons. The van der Waals surface area contributed by atoms with Gasteiger partial charge in [0.1, 0.15) is 0 Å². The van der Waals surface area contributed by atoms with Crippen LogP contribution in [0.1, 0.15) is 12.5 Å². The van der Waals surface area contributed by atoms with Crippen LogP contribution in [0.2, 0.25) is 0 Å². The molecular weight excluding hydrogens is 300 g/mol. The number of nitrogens with zero attached hydrogens (tertiary/aromatic N) is 2. The number of carbonyl (C=O) groups excluding carboxylic acids is 2. The summed E-state index contributed by atoms with van der Waals surface area (Å²) < 4.78 is 5.75. The average molecular weight is 314 g/mol. The first-order valence-electron chi connectivity index (χ1n) is 7.33. The maximum absolute atomic E-state index is 12.8. The molecule has 0 spiro atoms. The molecule has 2 bridgehead atoms. The predicted molar refractivity (Wildman–Crippen MR) is 79.7 cm³/mol. The van der Waals surface area contributed by atoms with Crippen molar-refractivity contribution in [3.8, 4) is 0 Å². The van der Waals surface area contributed by atoms with Gasteiger partial charge in [0.15, 0.2) is 0 Å². The number of nitro benzene ring substituents is 1. The van der Waals surface area contributed by atoms with Crippen LogP contribution in [-0.4, -0.2) is 28.4 Å². The number of anilines is 1. The molecule has 2 fully saturated rings. The second-order valence-electron chi connectivity index (χ2n) is 6.37. The normalized spacial score (nSPS) is 34.3. The maximum atomic E-state index is 12.8. The topological polar surface area (TPSA) is 89.8 Å². The predicted octanol–water partition coefficient (Wildman–Crippen LogP) is 1.74. The van der Waals surface area contributed by atoms with E-state index in [-0.39, 0.29) is 23.2 Å². The van der Waals surface area contributed by atoms with Gasteiger partial charge in [0.2, 0.25) is 11.8 Å². The minimum atomic E-state index is -0.770. The van der Waals surface area contributed by atoms with Gasteiger partial charge in [0.05, 0.1) is 34.2 Å². The zero-order valence-electron chi connectivity index (χ0n) is 12.6. The van der Waals surface area contributed by atoms with Crippen molar-refractivity contribution >= 4 is 23.2 Å². The van der Waals surface area contributed by atoms with Crippen molar-refractivity contribution in [3.63, 3.8) is 0 Å². The van der Waals surface area contributed by atoms with E-state index in [1.807, 2.05) is 12.2 Å². The number of amides is 2. The highest BCUT2D eigenvalue weighted by Gasteiger charge is 2.66. The molecule has 3 aliphatic rings. The number of hydrogen-bond acceptors (Lipinski definition) is 5. The van der Waals surface area contributed by atoms with E-state index in [0.29, 0.717) is 5.56 Å². The molecule has 4 rings (SSSR count). The summed E-state index contributed by atoms with van der Waals surface area (Å²) >= 11 is 0. The van der Waals surface area contributed by atoms with E-state index in [9.17, 15) is 19.7 Å². The molecule has 23 heavy (non-hydrogen) atoms. The average Bonchev–Trinajstić information content (AvgIpc) is 3.09. The van der Waals surface area contributed by atoms with E-state index in [1.165, 1.54) is 6.07 Å². The SMILES string of the molecule is Cc1ccc(N2C(=O)[C@H]3[C@@H]4C=C[C@](C)(O4)[C@@H]3C2=O)cc1[N+](=O)[O-]. The molecule has 7 heteroatoms. The second-order valence-corrected chi connectivity index (χ2v) is 6.37. The lowest BCUT2D eigenvalue weighted by Gasteiger charge is -2.24. The van der Waals surface area contributed by atoms with E-state index in [1.54, 1.807) is 26.0 Å². The van der Waals surface area contributed by atoms with E-state index in [2.05, 4.69) is 0 Å². The Hall–Kier alpha value is -2.54. The minimum Gasteiger partial charge on any atom is -0.362 e. The summed E-state index contributed by atoms with van der Waals surface area (Å²) in [5, 5.41) is 11.1. The number of benzene rings is 1. The molecule has 1 aromatic carbocycles. The van der Waals surface area contributed by atoms with Crippen LogP contribution >= 0.6 is 0 Å². The summed E-state index contributed by atoms with van der Waals surface area (Å²) in [6.07, 6.45) is 3.24. The van der Waals surface area contributed by atoms with Gasteiger partial charge in [-0.05, 0) is 19.9 Å². The zero-order chi connectivity index (χ0) is 16.5. The molecule has 0 aromatic heterocycles. The van der Waals surface area contributed by atoms with E-state index >= 15 is 0 Å². The Morgan fingerprint density at radius 3 is 2.70 bits per heavy atom. The molecule has 1 aromatic rings. The third-order valence-corrected chi connectivity index (χ3v) is 4.98. The third-order valence-electron chi connectivity index (χ3n) is 4.98. The Morgan fingerprint density at radius 1 is 1.30 bits per heavy atom. The second kappa shape index (κ2) is 4.26. The fourth-order valence-corrected chi connectivity index (χ4v) is 3.84. The first-order valence-corrected chi connectivity index (χ1v) is 7.33. The molecule has 2 saturated heterocycles. The van der Waals surface area contributed by atoms with Crippen molar-refractivity contribution in [2.75, 3.05) is 4.90 Å². The summed E-state index contributed by atoms with van der Waals surface area (Å²) in [7, 11) is 0. The van der Waals surface area contributed by atoms with Crippen molar-refractivity contribution in [1.82, 2.24) is 0 Å². The van der Waals surface area contributed by atoms with Gasteiger partial charge >= 0.3 is 0 Å². The number of carbonyl (C=O) groups is 2. The lowest BCUT2D eigenvalue weighted by Crippen LogP contribution is -2.38. The summed E-state index contributed by atoms with van der Waals surface area (Å²) in [5.41, 5.74) is -0.151. The highest BCUT2D eigenvalue weighted by Crippen LogP contribution is 2.52. The highest BCUT2D eigenvalue weighted by molar-refractivity contribution is 6.23. The van der Waals surface area contributed by atoms with Gasteiger partial charge in [-0.15, -0.1) is 0 Å². The van der Waals surface area contributed by atoms with Crippen LogP contribution in [0.4, 0.5) is 11.4 Å². The first kappa shape index (κ1) is 14.1. The molecule has 0 N–H and O–H groups in total. The Morgan fingerprint density at radius 2 is 2.04 bits per heavy atom. The van der Waals surface area contributed by atoms with Crippen molar-refractivity contribution in [2.24, 2.45) is 11.8 Å². The third kappa shape index (κ3) is 1.68. The van der Waals surface area contributed by atoms with Crippen LogP contribution < -0.4 is 4.90 Å². The molecule has 4 atom stereocenters. The van der Waals surface area contributed by atoms with Gasteiger partial charge in [-0.25, -0.2) is 4.90 Å². The molecule has 0 saturated carbocycles. The fourth-order valence-electron chi connectivity index (χ4n) is 3.84. The van der Waals surface area contributed by atoms with Crippen LogP contribution in [0.25, 0.3) is 0 Å². The molecule has 0 aliphatic carbocycles. The van der Waals surface area contributed by atoms with E-state index in [4.69, 9.17) is 4.74 Å². The number of nitro groups is 1. The van der Waals surface area contributed by atoms with Crippen LogP contribution in [0.3, 0.4) is 0 Å². The lowest BCUT2D eigenvalue weighted by atomic mass is 9.78. The molecule has 0 unspecified atom stereocenters. The number of fused-ring (bicyclic) bond motifs is 5. The largest absolute Gasteiger partial charge is 0.362 e. The number of hydrogen-bond donors (Lipinski definition) is 0. The molecule has 3 heterocycles. The number of ether oxygens (including phenoxy) is 1.